The lowest BCUT2D eigenvalue weighted by Crippen LogP contribution is -2.25. The molecule has 0 aliphatic rings. The topological polar surface area (TPSA) is 33.0 Å². The van der Waals surface area contributed by atoms with Crippen LogP contribution in [0.1, 0.15) is 30.5 Å². The van der Waals surface area contributed by atoms with Crippen molar-refractivity contribution < 1.29 is 44.3 Å². The van der Waals surface area contributed by atoms with Crippen LogP contribution in [0.4, 0.5) is 39.5 Å². The zero-order valence-electron chi connectivity index (χ0n) is 21.0. The van der Waals surface area contributed by atoms with Gasteiger partial charge >= 0.3 is 6.11 Å². The number of nitriles is 1. The van der Waals surface area contributed by atoms with E-state index in [1.807, 2.05) is 13.8 Å². The molecule has 0 bridgehead atoms. The molecule has 0 atom stereocenters. The predicted molar refractivity (Wildman–Crippen MR) is 129 cm³/mol. The predicted octanol–water partition coefficient (Wildman–Crippen LogP) is 9.33. The highest BCUT2D eigenvalue weighted by atomic mass is 19.3. The number of ether oxygens (including phenoxy) is 1. The van der Waals surface area contributed by atoms with Crippen LogP contribution < -0.4 is 4.74 Å². The highest BCUT2D eigenvalue weighted by Crippen LogP contribution is 2.39. The van der Waals surface area contributed by atoms with E-state index in [1.54, 1.807) is 6.92 Å². The number of nitrogens with zero attached hydrogens (tertiary/aromatic N) is 1. The lowest BCUT2D eigenvalue weighted by atomic mass is 9.97. The molecule has 0 amide bonds. The SMILES string of the molecule is CC.Cc1ccc(-c2cc(F)c(-c3cc(F)c(C(F)(F)Oc4cc(F)c(C#N)c(F)c4)c(F)c3)c(F)c2)c(F)c1. The second-order valence-electron chi connectivity index (χ2n) is 8.11. The van der Waals surface area contributed by atoms with E-state index in [1.165, 1.54) is 12.1 Å². The van der Waals surface area contributed by atoms with Gasteiger partial charge in [0.2, 0.25) is 0 Å². The van der Waals surface area contributed by atoms with Crippen LogP contribution >= 0.6 is 0 Å². The number of hydrogen-bond donors (Lipinski definition) is 0. The van der Waals surface area contributed by atoms with Gasteiger partial charge in [0.05, 0.1) is 5.56 Å². The van der Waals surface area contributed by atoms with E-state index >= 15 is 0 Å². The average Bonchev–Trinajstić information content (AvgIpc) is 2.83. The molecule has 0 aromatic heterocycles. The highest BCUT2D eigenvalue weighted by molar-refractivity contribution is 5.72. The molecule has 4 aromatic rings. The van der Waals surface area contributed by atoms with Crippen molar-refractivity contribution in [2.75, 3.05) is 0 Å². The van der Waals surface area contributed by atoms with E-state index in [-0.39, 0.29) is 35.4 Å². The first-order valence-corrected chi connectivity index (χ1v) is 11.5. The average molecular weight is 567 g/mol. The number of alkyl halides is 2. The lowest BCUT2D eigenvalue weighted by molar-refractivity contribution is -0.189. The van der Waals surface area contributed by atoms with E-state index in [4.69, 9.17) is 5.26 Å². The molecule has 0 saturated heterocycles. The van der Waals surface area contributed by atoms with Crippen molar-refractivity contribution in [1.82, 2.24) is 0 Å². The van der Waals surface area contributed by atoms with E-state index in [9.17, 15) is 39.5 Å². The van der Waals surface area contributed by atoms with Crippen molar-refractivity contribution >= 4 is 0 Å². The Morgan fingerprint density at radius 2 is 1.15 bits per heavy atom. The monoisotopic (exact) mass is 567 g/mol. The molecule has 0 spiro atoms. The minimum atomic E-state index is -4.84. The molecule has 11 heteroatoms. The number of aryl methyl sites for hydroxylation is 1. The van der Waals surface area contributed by atoms with Gasteiger partial charge in [-0.05, 0) is 53.9 Å². The second kappa shape index (κ2) is 11.7. The number of halogens is 9. The molecule has 0 aliphatic carbocycles. The summed E-state index contributed by atoms with van der Waals surface area (Å²) < 4.78 is 134. The van der Waals surface area contributed by atoms with E-state index < -0.39 is 74.8 Å². The van der Waals surface area contributed by atoms with Crippen LogP contribution in [-0.4, -0.2) is 0 Å². The third kappa shape index (κ3) is 5.91. The summed E-state index contributed by atoms with van der Waals surface area (Å²) in [7, 11) is 0. The van der Waals surface area contributed by atoms with Crippen LogP contribution in [0.3, 0.4) is 0 Å². The van der Waals surface area contributed by atoms with Crippen LogP contribution in [0.2, 0.25) is 0 Å². The van der Waals surface area contributed by atoms with Crippen LogP contribution in [-0.2, 0) is 6.11 Å². The normalized spacial score (nSPS) is 11.0. The largest absolute Gasteiger partial charge is 0.432 e. The maximum absolute atomic E-state index is 14.8. The summed E-state index contributed by atoms with van der Waals surface area (Å²) in [5, 5.41) is 8.64. The summed E-state index contributed by atoms with van der Waals surface area (Å²) in [4.78, 5) is 0. The van der Waals surface area contributed by atoms with Gasteiger partial charge in [0.15, 0.2) is 0 Å². The molecular weight excluding hydrogens is 549 g/mol. The summed E-state index contributed by atoms with van der Waals surface area (Å²) in [5.41, 5.74) is -4.72. The quantitative estimate of drug-likeness (QED) is 0.225. The van der Waals surface area contributed by atoms with Gasteiger partial charge in [-0.25, -0.2) is 30.7 Å². The molecule has 0 saturated carbocycles. The van der Waals surface area contributed by atoms with Crippen LogP contribution in [0.25, 0.3) is 22.3 Å². The molecule has 0 heterocycles. The summed E-state index contributed by atoms with van der Waals surface area (Å²) in [6.07, 6.45) is -4.84. The molecule has 4 aromatic carbocycles. The molecule has 208 valence electrons. The highest BCUT2D eigenvalue weighted by Gasteiger charge is 2.42. The standard InChI is InChI=1S/C27H12F9NO.C2H6/c1-12-2-3-16(18(28)4-12)13-5-21(31)25(22(32)6-13)14-7-23(33)26(24(34)8-14)27(35,36)38-15-9-19(29)17(11-37)20(30)10-15;1-2/h2-10H,1H3;1-2H3. The maximum atomic E-state index is 14.8. The van der Waals surface area contributed by atoms with Gasteiger partial charge in [-0.1, -0.05) is 26.0 Å². The first kappa shape index (κ1) is 30.1. The van der Waals surface area contributed by atoms with Gasteiger partial charge in [0, 0.05) is 17.7 Å². The van der Waals surface area contributed by atoms with Gasteiger partial charge in [-0.2, -0.15) is 14.0 Å². The second-order valence-corrected chi connectivity index (χ2v) is 8.11. The zero-order chi connectivity index (χ0) is 29.9. The van der Waals surface area contributed by atoms with Gasteiger partial charge in [0.25, 0.3) is 0 Å². The van der Waals surface area contributed by atoms with Crippen molar-refractivity contribution in [2.45, 2.75) is 26.9 Å². The van der Waals surface area contributed by atoms with E-state index in [2.05, 4.69) is 4.74 Å². The molecule has 40 heavy (non-hydrogen) atoms. The third-order valence-corrected chi connectivity index (χ3v) is 5.47. The Morgan fingerprint density at radius 1 is 0.650 bits per heavy atom. The fraction of sp³-hybridized carbons (Fsp3) is 0.138. The molecule has 4 rings (SSSR count). The molecule has 0 aliphatic heterocycles. The Bertz CT molecular complexity index is 1560. The lowest BCUT2D eigenvalue weighted by Gasteiger charge is -2.20. The summed E-state index contributed by atoms with van der Waals surface area (Å²) in [5.74, 6) is -11.8. The fourth-order valence-electron chi connectivity index (χ4n) is 3.77. The molecule has 0 unspecified atom stereocenters. The van der Waals surface area contributed by atoms with Gasteiger partial charge in [0.1, 0.15) is 63.7 Å². The molecule has 0 fully saturated rings. The Balaban J connectivity index is 0.00000216. The Labute approximate surface area is 222 Å². The van der Waals surface area contributed by atoms with Crippen molar-refractivity contribution in [3.05, 3.63) is 112 Å². The molecule has 0 N–H and O–H groups in total. The van der Waals surface area contributed by atoms with E-state index in [0.717, 1.165) is 12.1 Å². The smallest absolute Gasteiger partial charge is 0.429 e. The van der Waals surface area contributed by atoms with E-state index in [0.29, 0.717) is 17.7 Å². The van der Waals surface area contributed by atoms with Crippen LogP contribution in [0, 0.1) is 59.0 Å². The van der Waals surface area contributed by atoms with Gasteiger partial charge in [-0.15, -0.1) is 0 Å². The van der Waals surface area contributed by atoms with Crippen LogP contribution in [0.5, 0.6) is 5.75 Å². The Hall–Kier alpha value is -4.46. The Morgan fingerprint density at radius 3 is 1.62 bits per heavy atom. The zero-order valence-corrected chi connectivity index (χ0v) is 21.0. The molecule has 2 nitrogen and oxygen atoms in total. The van der Waals surface area contributed by atoms with Gasteiger partial charge < -0.3 is 4.74 Å². The van der Waals surface area contributed by atoms with Crippen molar-refractivity contribution in [3.8, 4) is 34.1 Å². The first-order valence-electron chi connectivity index (χ1n) is 11.5. The third-order valence-electron chi connectivity index (χ3n) is 5.47. The fourth-order valence-corrected chi connectivity index (χ4v) is 3.77. The summed E-state index contributed by atoms with van der Waals surface area (Å²) in [6, 6.07) is 7.33. The Kier molecular flexibility index (Phi) is 8.83. The maximum Gasteiger partial charge on any atom is 0.432 e. The van der Waals surface area contributed by atoms with Crippen molar-refractivity contribution in [2.24, 2.45) is 0 Å². The summed E-state index contributed by atoms with van der Waals surface area (Å²) in [6.45, 7) is 5.60. The first-order chi connectivity index (χ1) is 18.8. The van der Waals surface area contributed by atoms with Crippen molar-refractivity contribution in [3.63, 3.8) is 0 Å². The van der Waals surface area contributed by atoms with Gasteiger partial charge in [-0.3, -0.25) is 0 Å². The number of rotatable bonds is 5. The minimum Gasteiger partial charge on any atom is -0.429 e. The number of benzene rings is 4. The number of hydrogen-bond acceptors (Lipinski definition) is 2. The van der Waals surface area contributed by atoms with Crippen LogP contribution in [0.15, 0.2) is 54.6 Å². The molecular formula is C29H18F9NO. The summed E-state index contributed by atoms with van der Waals surface area (Å²) >= 11 is 0. The van der Waals surface area contributed by atoms with Crippen molar-refractivity contribution in [1.29, 1.82) is 5.26 Å². The minimum absolute atomic E-state index is 0.153. The molecule has 0 radical (unpaired) electrons.